The number of rotatable bonds is 5. The van der Waals surface area contributed by atoms with Crippen LogP contribution in [0.1, 0.15) is 5.56 Å². The van der Waals surface area contributed by atoms with Crippen molar-refractivity contribution in [3.8, 4) is 0 Å². The number of anilines is 1. The summed E-state index contributed by atoms with van der Waals surface area (Å²) in [6.45, 7) is 2.05. The van der Waals surface area contributed by atoms with E-state index in [0.717, 1.165) is 5.56 Å². The second-order valence-corrected chi connectivity index (χ2v) is 7.76. The molecule has 0 amide bonds. The fraction of sp³-hybridized carbons (Fsp3) is 0.250. The monoisotopic (exact) mass is 437 g/mol. The maximum absolute atomic E-state index is 12.3. The van der Waals surface area contributed by atoms with Crippen LogP contribution in [0.3, 0.4) is 0 Å². The van der Waals surface area contributed by atoms with E-state index in [-0.39, 0.29) is 18.0 Å². The number of halogens is 2. The Morgan fingerprint density at radius 2 is 1.95 bits per heavy atom. The number of aryl methyl sites for hydroxylation is 1. The molecule has 2 N–H and O–H groups in total. The normalized spacial score (nSPS) is 11.6. The van der Waals surface area contributed by atoms with Gasteiger partial charge in [0.05, 0.1) is 25.0 Å². The molecule has 0 unspecified atom stereocenters. The number of nitrogens with one attached hydrogen (secondary N) is 1. The molecule has 0 spiro atoms. The van der Waals surface area contributed by atoms with Gasteiger partial charge in [0.15, 0.2) is 0 Å². The predicted octanol–water partition coefficient (Wildman–Crippen LogP) is 2.51. The molecule has 1 aromatic carbocycles. The Labute approximate surface area is 139 Å². The lowest BCUT2D eigenvalue weighted by Crippen LogP contribution is -2.13. The van der Waals surface area contributed by atoms with Crippen LogP contribution in [0.15, 0.2) is 38.4 Å². The number of aliphatic hydroxyl groups excluding tert-OH is 1. The molecule has 0 aliphatic heterocycles. The van der Waals surface area contributed by atoms with Crippen molar-refractivity contribution in [2.75, 3.05) is 11.3 Å². The van der Waals surface area contributed by atoms with Crippen LogP contribution in [0.5, 0.6) is 0 Å². The highest BCUT2D eigenvalue weighted by atomic mass is 79.9. The molecular weight excluding hydrogens is 426 g/mol. The average molecular weight is 439 g/mol. The molecule has 0 bridgehead atoms. The zero-order valence-corrected chi connectivity index (χ0v) is 15.0. The lowest BCUT2D eigenvalue weighted by atomic mass is 10.2. The fourth-order valence-corrected chi connectivity index (χ4v) is 4.63. The van der Waals surface area contributed by atoms with E-state index in [1.165, 1.54) is 17.1 Å². The number of nitrogens with zero attached hydrogens (tertiary/aromatic N) is 2. The van der Waals surface area contributed by atoms with Crippen molar-refractivity contribution >= 4 is 47.6 Å². The Balaban J connectivity index is 2.33. The summed E-state index contributed by atoms with van der Waals surface area (Å²) >= 11 is 6.68. The first-order chi connectivity index (χ1) is 9.83. The molecule has 0 saturated carbocycles. The van der Waals surface area contributed by atoms with E-state index in [2.05, 4.69) is 41.7 Å². The van der Waals surface area contributed by atoms with Gasteiger partial charge in [-0.15, -0.1) is 0 Å². The Morgan fingerprint density at radius 1 is 1.33 bits per heavy atom. The standard InChI is InChI=1S/C12H13Br2N3O3S/c1-8-4-10(13)12(11(14)5-8)16-21(19,20)9-6-15-17(7-9)2-3-18/h4-7,16,18H,2-3H2,1H3. The molecule has 0 saturated heterocycles. The molecule has 0 fully saturated rings. The van der Waals surface area contributed by atoms with Gasteiger partial charge in [-0.05, 0) is 56.5 Å². The minimum atomic E-state index is -3.74. The first kappa shape index (κ1) is 16.5. The van der Waals surface area contributed by atoms with Crippen molar-refractivity contribution in [2.45, 2.75) is 18.4 Å². The molecule has 21 heavy (non-hydrogen) atoms. The Morgan fingerprint density at radius 3 is 2.52 bits per heavy atom. The van der Waals surface area contributed by atoms with Crippen LogP contribution in [0, 0.1) is 6.92 Å². The highest BCUT2D eigenvalue weighted by Gasteiger charge is 2.19. The molecule has 2 rings (SSSR count). The van der Waals surface area contributed by atoms with E-state index in [9.17, 15) is 8.42 Å². The maximum Gasteiger partial charge on any atom is 0.265 e. The summed E-state index contributed by atoms with van der Waals surface area (Å²) in [5, 5.41) is 12.7. The van der Waals surface area contributed by atoms with Gasteiger partial charge in [-0.25, -0.2) is 8.42 Å². The summed E-state index contributed by atoms with van der Waals surface area (Å²) < 4.78 is 29.8. The van der Waals surface area contributed by atoms with E-state index in [1.54, 1.807) is 0 Å². The number of aromatic nitrogens is 2. The van der Waals surface area contributed by atoms with E-state index >= 15 is 0 Å². The molecule has 0 aliphatic carbocycles. The molecule has 6 nitrogen and oxygen atoms in total. The SMILES string of the molecule is Cc1cc(Br)c(NS(=O)(=O)c2cnn(CCO)c2)c(Br)c1. The second-order valence-electron chi connectivity index (χ2n) is 4.37. The number of hydrogen-bond acceptors (Lipinski definition) is 4. The molecule has 0 radical (unpaired) electrons. The smallest absolute Gasteiger partial charge is 0.265 e. The third kappa shape index (κ3) is 3.85. The molecule has 9 heteroatoms. The van der Waals surface area contributed by atoms with Gasteiger partial charge in [0.25, 0.3) is 10.0 Å². The molecular formula is C12H13Br2N3O3S. The van der Waals surface area contributed by atoms with Gasteiger partial charge in [0.2, 0.25) is 0 Å². The Hall–Kier alpha value is -0.900. The van der Waals surface area contributed by atoms with Gasteiger partial charge in [0.1, 0.15) is 4.90 Å². The van der Waals surface area contributed by atoms with Gasteiger partial charge < -0.3 is 5.11 Å². The molecule has 1 heterocycles. The average Bonchev–Trinajstić information content (AvgIpc) is 2.84. The molecule has 114 valence electrons. The molecule has 1 aromatic heterocycles. The Bertz CT molecular complexity index is 736. The third-order valence-corrected chi connectivity index (χ3v) is 5.23. The predicted molar refractivity (Wildman–Crippen MR) is 86.7 cm³/mol. The fourth-order valence-electron chi connectivity index (χ4n) is 1.70. The summed E-state index contributed by atoms with van der Waals surface area (Å²) in [5.41, 5.74) is 1.42. The molecule has 0 aliphatic rings. The first-order valence-electron chi connectivity index (χ1n) is 5.95. The topological polar surface area (TPSA) is 84.2 Å². The summed E-state index contributed by atoms with van der Waals surface area (Å²) in [5.74, 6) is 0. The van der Waals surface area contributed by atoms with Gasteiger partial charge in [-0.2, -0.15) is 5.10 Å². The highest BCUT2D eigenvalue weighted by Crippen LogP contribution is 2.33. The largest absolute Gasteiger partial charge is 0.394 e. The minimum absolute atomic E-state index is 0.0373. The summed E-state index contributed by atoms with van der Waals surface area (Å²) in [6.07, 6.45) is 2.61. The van der Waals surface area contributed by atoms with E-state index in [1.807, 2.05) is 19.1 Å². The van der Waals surface area contributed by atoms with Crippen molar-refractivity contribution < 1.29 is 13.5 Å². The molecule has 0 atom stereocenters. The van der Waals surface area contributed by atoms with Crippen LogP contribution >= 0.6 is 31.9 Å². The minimum Gasteiger partial charge on any atom is -0.394 e. The second kappa shape index (κ2) is 6.47. The van der Waals surface area contributed by atoms with E-state index < -0.39 is 10.0 Å². The third-order valence-electron chi connectivity index (χ3n) is 2.67. The van der Waals surface area contributed by atoms with Crippen LogP contribution in [-0.4, -0.2) is 29.9 Å². The zero-order valence-electron chi connectivity index (χ0n) is 11.0. The first-order valence-corrected chi connectivity index (χ1v) is 9.02. The highest BCUT2D eigenvalue weighted by molar-refractivity contribution is 9.11. The van der Waals surface area contributed by atoms with Gasteiger partial charge >= 0.3 is 0 Å². The number of sulfonamides is 1. The summed E-state index contributed by atoms with van der Waals surface area (Å²) in [4.78, 5) is 0.0373. The Kier molecular flexibility index (Phi) is 5.07. The van der Waals surface area contributed by atoms with Crippen molar-refractivity contribution in [3.05, 3.63) is 39.0 Å². The van der Waals surface area contributed by atoms with Crippen LogP contribution in [0.25, 0.3) is 0 Å². The van der Waals surface area contributed by atoms with Gasteiger partial charge in [-0.3, -0.25) is 9.40 Å². The van der Waals surface area contributed by atoms with Crippen LogP contribution in [0.4, 0.5) is 5.69 Å². The lowest BCUT2D eigenvalue weighted by molar-refractivity contribution is 0.269. The number of aliphatic hydroxyl groups is 1. The number of benzene rings is 1. The van der Waals surface area contributed by atoms with E-state index in [0.29, 0.717) is 14.6 Å². The van der Waals surface area contributed by atoms with Crippen molar-refractivity contribution in [1.82, 2.24) is 9.78 Å². The van der Waals surface area contributed by atoms with Crippen LogP contribution < -0.4 is 4.72 Å². The van der Waals surface area contributed by atoms with Gasteiger partial charge in [-0.1, -0.05) is 0 Å². The maximum atomic E-state index is 12.3. The van der Waals surface area contributed by atoms with E-state index in [4.69, 9.17) is 5.11 Å². The van der Waals surface area contributed by atoms with Crippen molar-refractivity contribution in [3.63, 3.8) is 0 Å². The van der Waals surface area contributed by atoms with Gasteiger partial charge in [0, 0.05) is 15.1 Å². The summed E-state index contributed by atoms with van der Waals surface area (Å²) in [7, 11) is -3.74. The van der Waals surface area contributed by atoms with Crippen molar-refractivity contribution in [2.24, 2.45) is 0 Å². The van der Waals surface area contributed by atoms with Crippen LogP contribution in [-0.2, 0) is 16.6 Å². The number of hydrogen-bond donors (Lipinski definition) is 2. The lowest BCUT2D eigenvalue weighted by Gasteiger charge is -2.11. The molecule has 2 aromatic rings. The van der Waals surface area contributed by atoms with Crippen LogP contribution in [0.2, 0.25) is 0 Å². The quantitative estimate of drug-likeness (QED) is 0.751. The summed E-state index contributed by atoms with van der Waals surface area (Å²) in [6, 6.07) is 3.63. The van der Waals surface area contributed by atoms with Crippen molar-refractivity contribution in [1.29, 1.82) is 0 Å². The zero-order chi connectivity index (χ0) is 15.6.